The van der Waals surface area contributed by atoms with Crippen LogP contribution in [0.25, 0.3) is 0 Å². The molecule has 104 valence electrons. The summed E-state index contributed by atoms with van der Waals surface area (Å²) < 4.78 is 32.5. The molecule has 0 spiro atoms. The number of carboxylic acids is 1. The second kappa shape index (κ2) is 5.52. The summed E-state index contributed by atoms with van der Waals surface area (Å²) in [7, 11) is -3.44. The van der Waals surface area contributed by atoms with E-state index in [4.69, 9.17) is 9.84 Å². The van der Waals surface area contributed by atoms with Crippen LogP contribution in [0, 0.1) is 5.92 Å². The zero-order valence-corrected chi connectivity index (χ0v) is 10.9. The molecule has 18 heavy (non-hydrogen) atoms. The summed E-state index contributed by atoms with van der Waals surface area (Å²) in [6.45, 7) is 2.33. The Morgan fingerprint density at radius 2 is 1.89 bits per heavy atom. The van der Waals surface area contributed by atoms with Crippen molar-refractivity contribution in [3.8, 4) is 0 Å². The third kappa shape index (κ3) is 3.00. The molecule has 0 aliphatic carbocycles. The molecule has 2 saturated heterocycles. The van der Waals surface area contributed by atoms with E-state index in [1.165, 1.54) is 8.61 Å². The number of hydrogen-bond donors (Lipinski definition) is 1. The maximum atomic E-state index is 12.3. The summed E-state index contributed by atoms with van der Waals surface area (Å²) in [5.41, 5.74) is 0. The Morgan fingerprint density at radius 3 is 2.50 bits per heavy atom. The van der Waals surface area contributed by atoms with E-state index in [9.17, 15) is 13.2 Å². The first-order valence-electron chi connectivity index (χ1n) is 6.05. The molecule has 2 rings (SSSR count). The van der Waals surface area contributed by atoms with Crippen LogP contribution >= 0.6 is 0 Å². The zero-order chi connectivity index (χ0) is 13.2. The van der Waals surface area contributed by atoms with Gasteiger partial charge in [0.1, 0.15) is 0 Å². The maximum absolute atomic E-state index is 12.3. The number of ether oxygens (including phenoxy) is 1. The quantitative estimate of drug-likeness (QED) is 0.739. The minimum Gasteiger partial charge on any atom is -0.481 e. The number of morpholine rings is 1. The first-order valence-corrected chi connectivity index (χ1v) is 7.44. The van der Waals surface area contributed by atoms with Crippen LogP contribution in [0.2, 0.25) is 0 Å². The summed E-state index contributed by atoms with van der Waals surface area (Å²) in [6, 6.07) is 0. The molecule has 1 N–H and O–H groups in total. The summed E-state index contributed by atoms with van der Waals surface area (Å²) in [6.07, 6.45) is 0.658. The summed E-state index contributed by atoms with van der Waals surface area (Å²) in [4.78, 5) is 10.6. The highest BCUT2D eigenvalue weighted by Crippen LogP contribution is 2.24. The summed E-state index contributed by atoms with van der Waals surface area (Å²) in [5.74, 6) is -0.941. The molecule has 8 heteroatoms. The van der Waals surface area contributed by atoms with Gasteiger partial charge in [-0.1, -0.05) is 0 Å². The highest BCUT2D eigenvalue weighted by atomic mass is 32.2. The molecule has 0 bridgehead atoms. The minimum absolute atomic E-state index is 0.0368. The topological polar surface area (TPSA) is 87.2 Å². The van der Waals surface area contributed by atoms with Crippen molar-refractivity contribution in [1.82, 2.24) is 8.61 Å². The second-order valence-corrected chi connectivity index (χ2v) is 6.56. The molecule has 0 aromatic rings. The fourth-order valence-electron chi connectivity index (χ4n) is 2.36. The molecule has 0 radical (unpaired) electrons. The molecule has 1 atom stereocenters. The van der Waals surface area contributed by atoms with Crippen molar-refractivity contribution in [1.29, 1.82) is 0 Å². The maximum Gasteiger partial charge on any atom is 0.303 e. The molecule has 7 nitrogen and oxygen atoms in total. The van der Waals surface area contributed by atoms with Gasteiger partial charge in [-0.15, -0.1) is 0 Å². The number of hydrogen-bond acceptors (Lipinski definition) is 4. The number of nitrogens with zero attached hydrogens (tertiary/aromatic N) is 2. The van der Waals surface area contributed by atoms with Crippen LogP contribution in [0.15, 0.2) is 0 Å². The van der Waals surface area contributed by atoms with Crippen molar-refractivity contribution in [3.05, 3.63) is 0 Å². The third-order valence-electron chi connectivity index (χ3n) is 3.33. The van der Waals surface area contributed by atoms with E-state index in [1.807, 2.05) is 0 Å². The van der Waals surface area contributed by atoms with Gasteiger partial charge in [-0.3, -0.25) is 4.79 Å². The van der Waals surface area contributed by atoms with Gasteiger partial charge in [0.2, 0.25) is 0 Å². The first kappa shape index (κ1) is 13.7. The van der Waals surface area contributed by atoms with Crippen LogP contribution in [0.1, 0.15) is 12.8 Å². The molecule has 1 unspecified atom stereocenters. The number of carboxylic acid groups (broad SMARTS) is 1. The van der Waals surface area contributed by atoms with E-state index in [0.29, 0.717) is 45.8 Å². The van der Waals surface area contributed by atoms with E-state index < -0.39 is 16.2 Å². The lowest BCUT2D eigenvalue weighted by Crippen LogP contribution is -2.47. The highest BCUT2D eigenvalue weighted by molar-refractivity contribution is 7.86. The van der Waals surface area contributed by atoms with Crippen molar-refractivity contribution in [2.75, 3.05) is 39.4 Å². The predicted molar refractivity (Wildman–Crippen MR) is 63.2 cm³/mol. The Balaban J connectivity index is 1.96. The molecule has 2 fully saturated rings. The van der Waals surface area contributed by atoms with Gasteiger partial charge in [-0.05, 0) is 12.3 Å². The van der Waals surface area contributed by atoms with E-state index in [-0.39, 0.29) is 12.3 Å². The van der Waals surface area contributed by atoms with Crippen molar-refractivity contribution in [2.24, 2.45) is 5.92 Å². The SMILES string of the molecule is O=C(O)CC1CCN(S(=O)(=O)N2CCOCC2)C1. The number of carbonyl (C=O) groups is 1. The Bertz CT molecular complexity index is 404. The minimum atomic E-state index is -3.44. The van der Waals surface area contributed by atoms with Gasteiger partial charge >= 0.3 is 5.97 Å². The highest BCUT2D eigenvalue weighted by Gasteiger charge is 2.36. The van der Waals surface area contributed by atoms with Gasteiger partial charge < -0.3 is 9.84 Å². The average molecular weight is 278 g/mol. The average Bonchev–Trinajstić information content (AvgIpc) is 2.78. The normalized spacial score (nSPS) is 27.4. The Labute approximate surface area is 106 Å². The molecule has 2 aliphatic heterocycles. The third-order valence-corrected chi connectivity index (χ3v) is 5.34. The van der Waals surface area contributed by atoms with Crippen LogP contribution in [-0.2, 0) is 19.7 Å². The fourth-order valence-corrected chi connectivity index (χ4v) is 4.03. The first-order chi connectivity index (χ1) is 8.50. The molecule has 2 aliphatic rings. The van der Waals surface area contributed by atoms with E-state index in [2.05, 4.69) is 0 Å². The summed E-state index contributed by atoms with van der Waals surface area (Å²) in [5, 5.41) is 8.72. The van der Waals surface area contributed by atoms with Gasteiger partial charge in [-0.25, -0.2) is 0 Å². The van der Waals surface area contributed by atoms with Crippen LogP contribution in [0.5, 0.6) is 0 Å². The lowest BCUT2D eigenvalue weighted by molar-refractivity contribution is -0.137. The van der Waals surface area contributed by atoms with E-state index in [0.717, 1.165) is 0 Å². The molecule has 0 aromatic carbocycles. The van der Waals surface area contributed by atoms with Gasteiger partial charge in [0.05, 0.1) is 13.2 Å². The summed E-state index contributed by atoms with van der Waals surface area (Å²) >= 11 is 0. The standard InChI is InChI=1S/C10H18N2O5S/c13-10(14)7-9-1-2-12(8-9)18(15,16)11-3-5-17-6-4-11/h9H,1-8H2,(H,13,14). The van der Waals surface area contributed by atoms with Crippen LogP contribution in [-0.4, -0.2) is 67.5 Å². The number of rotatable bonds is 4. The Hall–Kier alpha value is -0.700. The number of aliphatic carboxylic acids is 1. The van der Waals surface area contributed by atoms with Crippen LogP contribution in [0.3, 0.4) is 0 Å². The fraction of sp³-hybridized carbons (Fsp3) is 0.900. The van der Waals surface area contributed by atoms with E-state index >= 15 is 0 Å². The van der Waals surface area contributed by atoms with E-state index in [1.54, 1.807) is 0 Å². The lowest BCUT2D eigenvalue weighted by Gasteiger charge is -2.30. The molecule has 0 amide bonds. The monoisotopic (exact) mass is 278 g/mol. The van der Waals surface area contributed by atoms with Gasteiger partial charge in [0.15, 0.2) is 0 Å². The lowest BCUT2D eigenvalue weighted by atomic mass is 10.1. The zero-order valence-electron chi connectivity index (χ0n) is 10.1. The van der Waals surface area contributed by atoms with Crippen LogP contribution < -0.4 is 0 Å². The van der Waals surface area contributed by atoms with Crippen molar-refractivity contribution >= 4 is 16.2 Å². The van der Waals surface area contributed by atoms with Gasteiger partial charge in [0.25, 0.3) is 10.2 Å². The Morgan fingerprint density at radius 1 is 1.22 bits per heavy atom. The van der Waals surface area contributed by atoms with Gasteiger partial charge in [-0.2, -0.15) is 17.0 Å². The Kier molecular flexibility index (Phi) is 4.21. The largest absolute Gasteiger partial charge is 0.481 e. The van der Waals surface area contributed by atoms with Gasteiger partial charge in [0, 0.05) is 32.6 Å². The van der Waals surface area contributed by atoms with Crippen molar-refractivity contribution < 1.29 is 23.1 Å². The van der Waals surface area contributed by atoms with Crippen molar-refractivity contribution in [2.45, 2.75) is 12.8 Å². The molecule has 0 saturated carbocycles. The molecule has 2 heterocycles. The molecular weight excluding hydrogens is 260 g/mol. The molecular formula is C10H18N2O5S. The molecule has 0 aromatic heterocycles. The van der Waals surface area contributed by atoms with Crippen LogP contribution in [0.4, 0.5) is 0 Å². The van der Waals surface area contributed by atoms with Crippen molar-refractivity contribution in [3.63, 3.8) is 0 Å². The predicted octanol–water partition coefficient (Wildman–Crippen LogP) is -0.640. The smallest absolute Gasteiger partial charge is 0.303 e. The second-order valence-electron chi connectivity index (χ2n) is 4.63.